The van der Waals surface area contributed by atoms with Crippen LogP contribution >= 0.6 is 0 Å². The van der Waals surface area contributed by atoms with E-state index in [1.54, 1.807) is 6.92 Å². The number of para-hydroxylation sites is 1. The molecule has 0 bridgehead atoms. The maximum absolute atomic E-state index is 12.5. The summed E-state index contributed by atoms with van der Waals surface area (Å²) in [5, 5.41) is 9.65. The van der Waals surface area contributed by atoms with E-state index < -0.39 is 12.0 Å². The summed E-state index contributed by atoms with van der Waals surface area (Å²) in [7, 11) is 0. The van der Waals surface area contributed by atoms with Crippen LogP contribution in [0.2, 0.25) is 0 Å². The van der Waals surface area contributed by atoms with Crippen molar-refractivity contribution in [3.8, 4) is 5.75 Å². The molecule has 0 spiro atoms. The smallest absolute Gasteiger partial charge is 0.407 e. The van der Waals surface area contributed by atoms with Gasteiger partial charge >= 0.3 is 6.09 Å². The summed E-state index contributed by atoms with van der Waals surface area (Å²) < 4.78 is 11.7. The number of hydrogen-bond donors (Lipinski definition) is 2. The van der Waals surface area contributed by atoms with Crippen LogP contribution in [0, 0.1) is 5.92 Å². The first-order chi connectivity index (χ1) is 14.9. The van der Waals surface area contributed by atoms with E-state index in [1.165, 1.54) is 16.8 Å². The van der Waals surface area contributed by atoms with E-state index >= 15 is 0 Å². The fraction of sp³-hybridized carbons (Fsp3) is 0.455. The molecule has 1 aromatic heterocycles. The number of nitrogens with one attached hydrogen (secondary N) is 2. The summed E-state index contributed by atoms with van der Waals surface area (Å²) in [6.45, 7) is 6.70. The summed E-state index contributed by atoms with van der Waals surface area (Å²) in [4.78, 5) is 36.3. The minimum absolute atomic E-state index is 0.110. The lowest BCUT2D eigenvalue weighted by Gasteiger charge is -2.20. The quantitative estimate of drug-likeness (QED) is 0.565. The minimum atomic E-state index is -0.521. The van der Waals surface area contributed by atoms with E-state index in [9.17, 15) is 14.4 Å². The van der Waals surface area contributed by atoms with Crippen molar-refractivity contribution in [3.63, 3.8) is 0 Å². The summed E-state index contributed by atoms with van der Waals surface area (Å²) in [6, 6.07) is 11.6. The molecule has 2 rings (SSSR count). The Morgan fingerprint density at radius 2 is 1.87 bits per heavy atom. The molecule has 1 atom stereocenters. The van der Waals surface area contributed by atoms with Gasteiger partial charge in [0.25, 0.3) is 11.5 Å². The fourth-order valence-electron chi connectivity index (χ4n) is 2.91. The number of ether oxygens (including phenoxy) is 2. The highest BCUT2D eigenvalue weighted by molar-refractivity contribution is 5.92. The second-order valence-corrected chi connectivity index (χ2v) is 7.34. The molecule has 0 saturated heterocycles. The molecule has 0 fully saturated rings. The topological polar surface area (TPSA) is 112 Å². The first kappa shape index (κ1) is 23.9. The molecule has 0 radical (unpaired) electrons. The van der Waals surface area contributed by atoms with E-state index in [0.717, 1.165) is 0 Å². The normalized spacial score (nSPS) is 11.6. The van der Waals surface area contributed by atoms with Crippen LogP contribution in [0.5, 0.6) is 5.75 Å². The Balaban J connectivity index is 1.94. The van der Waals surface area contributed by atoms with Crippen molar-refractivity contribution in [1.29, 1.82) is 0 Å². The van der Waals surface area contributed by atoms with Crippen LogP contribution in [0.3, 0.4) is 0 Å². The predicted octanol–water partition coefficient (Wildman–Crippen LogP) is 2.21. The molecule has 1 heterocycles. The predicted molar refractivity (Wildman–Crippen MR) is 116 cm³/mol. The van der Waals surface area contributed by atoms with Gasteiger partial charge in [0.1, 0.15) is 18.1 Å². The molecule has 9 heteroatoms. The molecule has 2 N–H and O–H groups in total. The molecule has 0 aliphatic heterocycles. The van der Waals surface area contributed by atoms with E-state index in [4.69, 9.17) is 9.47 Å². The first-order valence-electron chi connectivity index (χ1n) is 10.4. The van der Waals surface area contributed by atoms with E-state index in [0.29, 0.717) is 18.1 Å². The molecule has 9 nitrogen and oxygen atoms in total. The van der Waals surface area contributed by atoms with Gasteiger partial charge in [-0.2, -0.15) is 5.10 Å². The Morgan fingerprint density at radius 1 is 1.13 bits per heavy atom. The van der Waals surface area contributed by atoms with Gasteiger partial charge < -0.3 is 20.1 Å². The molecule has 1 aromatic carbocycles. The second-order valence-electron chi connectivity index (χ2n) is 7.34. The Hall–Kier alpha value is -3.36. The second kappa shape index (κ2) is 12.4. The van der Waals surface area contributed by atoms with Crippen molar-refractivity contribution in [3.05, 3.63) is 58.5 Å². The Kier molecular flexibility index (Phi) is 9.54. The number of aromatic nitrogens is 2. The lowest BCUT2D eigenvalue weighted by atomic mass is 10.0. The molecule has 2 amide bonds. The van der Waals surface area contributed by atoms with Gasteiger partial charge in [0.05, 0.1) is 13.2 Å². The SMILES string of the molecule is CCOC(=O)N[C@H](CNC(=O)c1ccc(=O)n(CCOc2ccccc2)n1)CC(C)C. The van der Waals surface area contributed by atoms with Crippen molar-refractivity contribution >= 4 is 12.0 Å². The van der Waals surface area contributed by atoms with E-state index in [2.05, 4.69) is 15.7 Å². The van der Waals surface area contributed by atoms with Crippen LogP contribution in [0.4, 0.5) is 4.79 Å². The van der Waals surface area contributed by atoms with Gasteiger partial charge in [0.15, 0.2) is 0 Å². The third kappa shape index (κ3) is 8.49. The molecular formula is C22H30N4O5. The third-order valence-corrected chi connectivity index (χ3v) is 4.28. The van der Waals surface area contributed by atoms with Gasteiger partial charge in [-0.05, 0) is 37.5 Å². The molecule has 168 valence electrons. The lowest BCUT2D eigenvalue weighted by Crippen LogP contribution is -2.45. The number of alkyl carbamates (subject to hydrolysis) is 1. The average molecular weight is 431 g/mol. The summed E-state index contributed by atoms with van der Waals surface area (Å²) in [5.41, 5.74) is -0.214. The average Bonchev–Trinajstić information content (AvgIpc) is 2.73. The maximum Gasteiger partial charge on any atom is 0.407 e. The number of benzene rings is 1. The highest BCUT2D eigenvalue weighted by Gasteiger charge is 2.17. The zero-order chi connectivity index (χ0) is 22.6. The van der Waals surface area contributed by atoms with Gasteiger partial charge in [0, 0.05) is 18.7 Å². The largest absolute Gasteiger partial charge is 0.492 e. The Morgan fingerprint density at radius 3 is 2.55 bits per heavy atom. The summed E-state index contributed by atoms with van der Waals surface area (Å²) in [6.07, 6.45) is 0.149. The molecule has 31 heavy (non-hydrogen) atoms. The van der Waals surface area contributed by atoms with Crippen molar-refractivity contribution in [2.45, 2.75) is 39.8 Å². The molecular weight excluding hydrogens is 400 g/mol. The van der Waals surface area contributed by atoms with Crippen molar-refractivity contribution in [2.75, 3.05) is 19.8 Å². The minimum Gasteiger partial charge on any atom is -0.492 e. The molecule has 2 aromatic rings. The van der Waals surface area contributed by atoms with Gasteiger partial charge in [-0.25, -0.2) is 9.48 Å². The van der Waals surface area contributed by atoms with Crippen LogP contribution in [0.15, 0.2) is 47.3 Å². The highest BCUT2D eigenvalue weighted by Crippen LogP contribution is 2.08. The summed E-state index contributed by atoms with van der Waals surface area (Å²) >= 11 is 0. The molecule has 0 unspecified atom stereocenters. The third-order valence-electron chi connectivity index (χ3n) is 4.28. The molecule has 0 aliphatic rings. The number of hydrogen-bond acceptors (Lipinski definition) is 6. The van der Waals surface area contributed by atoms with E-state index in [1.807, 2.05) is 44.2 Å². The van der Waals surface area contributed by atoms with Crippen LogP contribution in [-0.4, -0.2) is 47.6 Å². The number of amides is 2. The standard InChI is InChI=1S/C22H30N4O5/c1-4-30-22(29)24-17(14-16(2)3)15-23-21(28)19-10-11-20(27)26(25-19)12-13-31-18-8-6-5-7-9-18/h5-11,16-17H,4,12-15H2,1-3H3,(H,23,28)(H,24,29)/t17-/m0/s1. The number of nitrogens with zero attached hydrogens (tertiary/aromatic N) is 2. The van der Waals surface area contributed by atoms with Gasteiger partial charge in [-0.15, -0.1) is 0 Å². The Labute approximate surface area is 181 Å². The number of rotatable bonds is 11. The zero-order valence-corrected chi connectivity index (χ0v) is 18.2. The molecule has 0 aliphatic carbocycles. The van der Waals surface area contributed by atoms with Crippen LogP contribution < -0.4 is 20.9 Å². The van der Waals surface area contributed by atoms with Crippen LogP contribution in [0.25, 0.3) is 0 Å². The van der Waals surface area contributed by atoms with Crippen molar-refractivity contribution in [2.24, 2.45) is 5.92 Å². The van der Waals surface area contributed by atoms with Gasteiger partial charge in [-0.3, -0.25) is 9.59 Å². The molecule has 0 saturated carbocycles. The van der Waals surface area contributed by atoms with Crippen molar-refractivity contribution < 1.29 is 19.1 Å². The van der Waals surface area contributed by atoms with Crippen LogP contribution in [0.1, 0.15) is 37.7 Å². The van der Waals surface area contributed by atoms with Gasteiger partial charge in [-0.1, -0.05) is 32.0 Å². The monoisotopic (exact) mass is 430 g/mol. The Bertz CT molecular complexity index is 898. The number of carbonyl (C=O) groups is 2. The fourth-order valence-corrected chi connectivity index (χ4v) is 2.91. The highest BCUT2D eigenvalue weighted by atomic mass is 16.5. The van der Waals surface area contributed by atoms with Crippen molar-refractivity contribution in [1.82, 2.24) is 20.4 Å². The first-order valence-corrected chi connectivity index (χ1v) is 10.4. The maximum atomic E-state index is 12.5. The number of carbonyl (C=O) groups excluding carboxylic acids is 2. The van der Waals surface area contributed by atoms with E-state index in [-0.39, 0.29) is 43.6 Å². The summed E-state index contributed by atoms with van der Waals surface area (Å²) in [5.74, 6) is 0.570. The lowest BCUT2D eigenvalue weighted by molar-refractivity contribution is 0.0936. The zero-order valence-electron chi connectivity index (χ0n) is 18.2. The van der Waals surface area contributed by atoms with Gasteiger partial charge in [0.2, 0.25) is 0 Å². The van der Waals surface area contributed by atoms with Crippen LogP contribution in [-0.2, 0) is 11.3 Å².